The molecule has 2 aromatic heterocycles. The molecule has 4 rings (SSSR count). The van der Waals surface area contributed by atoms with Gasteiger partial charge in [-0.1, -0.05) is 19.4 Å². The van der Waals surface area contributed by atoms with Crippen LogP contribution in [0.2, 0.25) is 0 Å². The number of carbonyl (C=O) groups is 1. The van der Waals surface area contributed by atoms with Crippen LogP contribution in [0.3, 0.4) is 0 Å². The smallest absolute Gasteiger partial charge is 0.265 e. The lowest BCUT2D eigenvalue weighted by Gasteiger charge is -2.29. The number of fused-ring (bicyclic) bond motifs is 1. The number of amides is 1. The molecule has 2 heterocycles. The topological polar surface area (TPSA) is 56.9 Å². The summed E-state index contributed by atoms with van der Waals surface area (Å²) < 4.78 is 0. The molecule has 1 saturated carbocycles. The number of H-pyrrole nitrogens is 1. The van der Waals surface area contributed by atoms with Gasteiger partial charge >= 0.3 is 0 Å². The first-order valence-electron chi connectivity index (χ1n) is 9.44. The van der Waals surface area contributed by atoms with E-state index in [1.807, 2.05) is 23.6 Å². The zero-order chi connectivity index (χ0) is 17.9. The molecule has 0 radical (unpaired) electrons. The summed E-state index contributed by atoms with van der Waals surface area (Å²) in [5.41, 5.74) is 3.38. The third kappa shape index (κ3) is 3.55. The van der Waals surface area contributed by atoms with Crippen molar-refractivity contribution >= 4 is 33.8 Å². The Balaban J connectivity index is 1.57. The summed E-state index contributed by atoms with van der Waals surface area (Å²) in [6.45, 7) is 3.21. The normalized spacial score (nSPS) is 20.3. The third-order valence-corrected chi connectivity index (χ3v) is 6.19. The minimum absolute atomic E-state index is 0.0405. The molecule has 0 bridgehead atoms. The van der Waals surface area contributed by atoms with E-state index < -0.39 is 0 Å². The van der Waals surface area contributed by atoms with Crippen molar-refractivity contribution < 1.29 is 4.79 Å². The Hall–Kier alpha value is -2.11. The van der Waals surface area contributed by atoms with E-state index in [1.165, 1.54) is 48.0 Å². The monoisotopic (exact) mass is 367 g/mol. The number of aromatic amines is 1. The van der Waals surface area contributed by atoms with Gasteiger partial charge in [0, 0.05) is 28.8 Å². The number of thiophene rings is 1. The highest BCUT2D eigenvalue weighted by Gasteiger charge is 2.24. The molecule has 1 aliphatic carbocycles. The maximum absolute atomic E-state index is 12.3. The predicted molar refractivity (Wildman–Crippen MR) is 109 cm³/mol. The number of aromatic nitrogens is 1. The van der Waals surface area contributed by atoms with E-state index in [-0.39, 0.29) is 5.91 Å². The molecule has 0 saturated heterocycles. The van der Waals surface area contributed by atoms with Crippen LogP contribution < -0.4 is 10.6 Å². The zero-order valence-electron chi connectivity index (χ0n) is 15.0. The fourth-order valence-corrected chi connectivity index (χ4v) is 4.72. The Morgan fingerprint density at radius 3 is 3.04 bits per heavy atom. The summed E-state index contributed by atoms with van der Waals surface area (Å²) in [6.07, 6.45) is 7.13. The Bertz CT molecular complexity index is 882. The van der Waals surface area contributed by atoms with Crippen molar-refractivity contribution in [3.05, 3.63) is 52.3 Å². The average molecular weight is 368 g/mol. The van der Waals surface area contributed by atoms with Crippen molar-refractivity contribution in [2.45, 2.75) is 44.6 Å². The SMILES string of the molecule is CCNC1CCCC(c2c[nH]c3ccc(NC(=O)c4cccs4)cc23)C1. The van der Waals surface area contributed by atoms with E-state index in [9.17, 15) is 4.79 Å². The van der Waals surface area contributed by atoms with Gasteiger partial charge in [0.15, 0.2) is 0 Å². The van der Waals surface area contributed by atoms with Gasteiger partial charge < -0.3 is 15.6 Å². The fraction of sp³-hybridized carbons (Fsp3) is 0.381. The molecule has 3 aromatic rings. The van der Waals surface area contributed by atoms with E-state index in [4.69, 9.17) is 0 Å². The Kier molecular flexibility index (Phi) is 5.09. The van der Waals surface area contributed by atoms with Crippen molar-refractivity contribution in [1.29, 1.82) is 0 Å². The van der Waals surface area contributed by atoms with E-state index in [1.54, 1.807) is 0 Å². The molecule has 0 aliphatic heterocycles. The lowest BCUT2D eigenvalue weighted by molar-refractivity contribution is 0.103. The molecular weight excluding hydrogens is 342 g/mol. The summed E-state index contributed by atoms with van der Waals surface area (Å²) in [5, 5.41) is 9.80. The van der Waals surface area contributed by atoms with Crippen molar-refractivity contribution in [2.24, 2.45) is 0 Å². The summed E-state index contributed by atoms with van der Waals surface area (Å²) in [6, 6.07) is 10.5. The molecule has 1 fully saturated rings. The van der Waals surface area contributed by atoms with Gasteiger partial charge in [-0.15, -0.1) is 11.3 Å². The predicted octanol–water partition coefficient (Wildman–Crippen LogP) is 5.12. The van der Waals surface area contributed by atoms with Gasteiger partial charge in [-0.25, -0.2) is 0 Å². The first kappa shape index (κ1) is 17.3. The van der Waals surface area contributed by atoms with Crippen LogP contribution in [0.1, 0.15) is 53.8 Å². The van der Waals surface area contributed by atoms with Crippen molar-refractivity contribution in [2.75, 3.05) is 11.9 Å². The van der Waals surface area contributed by atoms with Crippen LogP contribution in [0, 0.1) is 0 Å². The number of hydrogen-bond donors (Lipinski definition) is 3. The largest absolute Gasteiger partial charge is 0.361 e. The maximum Gasteiger partial charge on any atom is 0.265 e. The van der Waals surface area contributed by atoms with Gasteiger partial charge in [0.1, 0.15) is 0 Å². The van der Waals surface area contributed by atoms with E-state index in [0.717, 1.165) is 22.6 Å². The average Bonchev–Trinajstić information content (AvgIpc) is 3.32. The van der Waals surface area contributed by atoms with E-state index in [0.29, 0.717) is 12.0 Å². The molecule has 1 aliphatic rings. The lowest BCUT2D eigenvalue weighted by atomic mass is 9.81. The molecule has 2 unspecified atom stereocenters. The van der Waals surface area contributed by atoms with Crippen molar-refractivity contribution in [3.8, 4) is 0 Å². The van der Waals surface area contributed by atoms with Crippen LogP contribution in [-0.4, -0.2) is 23.5 Å². The Morgan fingerprint density at radius 2 is 2.23 bits per heavy atom. The lowest BCUT2D eigenvalue weighted by Crippen LogP contribution is -2.33. The number of carbonyl (C=O) groups excluding carboxylic acids is 1. The minimum atomic E-state index is -0.0405. The summed E-state index contributed by atoms with van der Waals surface area (Å²) in [7, 11) is 0. The summed E-state index contributed by atoms with van der Waals surface area (Å²) in [4.78, 5) is 16.5. The van der Waals surface area contributed by atoms with Crippen molar-refractivity contribution in [1.82, 2.24) is 10.3 Å². The maximum atomic E-state index is 12.3. The second kappa shape index (κ2) is 7.64. The number of hydrogen-bond acceptors (Lipinski definition) is 3. The molecular formula is C21H25N3OS. The first-order chi connectivity index (χ1) is 12.7. The molecule has 136 valence electrons. The van der Waals surface area contributed by atoms with Gasteiger partial charge in [0.05, 0.1) is 4.88 Å². The molecule has 26 heavy (non-hydrogen) atoms. The highest BCUT2D eigenvalue weighted by Crippen LogP contribution is 2.37. The Morgan fingerprint density at radius 1 is 1.31 bits per heavy atom. The second-order valence-electron chi connectivity index (χ2n) is 7.05. The van der Waals surface area contributed by atoms with Gasteiger partial charge in [-0.2, -0.15) is 0 Å². The molecule has 1 amide bonds. The van der Waals surface area contributed by atoms with Crippen LogP contribution in [-0.2, 0) is 0 Å². The standard InChI is InChI=1S/C21H25N3OS/c1-2-22-15-6-3-5-14(11-15)18-13-23-19-9-8-16(12-17(18)19)24-21(25)20-7-4-10-26-20/h4,7-10,12-15,22-23H,2-3,5-6,11H2,1H3,(H,24,25). The minimum Gasteiger partial charge on any atom is -0.361 e. The van der Waals surface area contributed by atoms with Gasteiger partial charge in [-0.3, -0.25) is 4.79 Å². The molecule has 1 aromatic carbocycles. The molecule has 0 spiro atoms. The zero-order valence-corrected chi connectivity index (χ0v) is 15.9. The third-order valence-electron chi connectivity index (χ3n) is 5.32. The number of benzene rings is 1. The highest BCUT2D eigenvalue weighted by molar-refractivity contribution is 7.12. The molecule has 5 heteroatoms. The quantitative estimate of drug-likeness (QED) is 0.586. The molecule has 4 nitrogen and oxygen atoms in total. The van der Waals surface area contributed by atoms with Crippen LogP contribution >= 0.6 is 11.3 Å². The first-order valence-corrected chi connectivity index (χ1v) is 10.3. The van der Waals surface area contributed by atoms with E-state index >= 15 is 0 Å². The number of anilines is 1. The van der Waals surface area contributed by atoms with Gasteiger partial charge in [-0.05, 0) is 66.9 Å². The second-order valence-corrected chi connectivity index (χ2v) is 8.00. The summed E-state index contributed by atoms with van der Waals surface area (Å²) in [5.74, 6) is 0.533. The van der Waals surface area contributed by atoms with Gasteiger partial charge in [0.2, 0.25) is 0 Å². The summed E-state index contributed by atoms with van der Waals surface area (Å²) >= 11 is 1.46. The molecule has 2 atom stereocenters. The Labute approximate surface area is 158 Å². The highest BCUT2D eigenvalue weighted by atomic mass is 32.1. The number of rotatable bonds is 5. The fourth-order valence-electron chi connectivity index (χ4n) is 4.10. The van der Waals surface area contributed by atoms with E-state index in [2.05, 4.69) is 40.9 Å². The van der Waals surface area contributed by atoms with Crippen LogP contribution in [0.25, 0.3) is 10.9 Å². The molecule has 3 N–H and O–H groups in total. The van der Waals surface area contributed by atoms with Crippen molar-refractivity contribution in [3.63, 3.8) is 0 Å². The van der Waals surface area contributed by atoms with Gasteiger partial charge in [0.25, 0.3) is 5.91 Å². The van der Waals surface area contributed by atoms with Crippen LogP contribution in [0.5, 0.6) is 0 Å². The number of nitrogens with one attached hydrogen (secondary N) is 3. The van der Waals surface area contributed by atoms with Crippen LogP contribution in [0.4, 0.5) is 5.69 Å². The van der Waals surface area contributed by atoms with Crippen LogP contribution in [0.15, 0.2) is 41.9 Å².